The lowest BCUT2D eigenvalue weighted by molar-refractivity contribution is -0.384. The summed E-state index contributed by atoms with van der Waals surface area (Å²) in [5.41, 5.74) is 0.0581. The molecule has 0 spiro atoms. The van der Waals surface area contributed by atoms with Crippen LogP contribution in [0, 0.1) is 15.9 Å². The molecule has 3 aromatic rings. The number of nitro groups is 1. The van der Waals surface area contributed by atoms with Gasteiger partial charge in [0.2, 0.25) is 5.91 Å². The number of amides is 3. The Morgan fingerprint density at radius 3 is 2.61 bits per heavy atom. The van der Waals surface area contributed by atoms with Crippen molar-refractivity contribution in [2.45, 2.75) is 0 Å². The van der Waals surface area contributed by atoms with Gasteiger partial charge in [0.15, 0.2) is 0 Å². The van der Waals surface area contributed by atoms with Crippen molar-refractivity contribution >= 4 is 46.3 Å². The number of anilines is 1. The third-order valence-corrected chi connectivity index (χ3v) is 5.50. The molecule has 0 saturated carbocycles. The Morgan fingerprint density at radius 1 is 1.12 bits per heavy atom. The monoisotopic (exact) mass is 467 g/mol. The van der Waals surface area contributed by atoms with E-state index < -0.39 is 34.3 Å². The average molecular weight is 467 g/mol. The lowest BCUT2D eigenvalue weighted by Gasteiger charge is -2.12. The van der Waals surface area contributed by atoms with Crippen molar-refractivity contribution in [1.82, 2.24) is 4.90 Å². The lowest BCUT2D eigenvalue weighted by atomic mass is 10.1. The zero-order valence-corrected chi connectivity index (χ0v) is 17.5. The van der Waals surface area contributed by atoms with E-state index in [0.29, 0.717) is 11.8 Å². The first-order chi connectivity index (χ1) is 15.8. The number of nitrogens with one attached hydrogen (secondary N) is 1. The molecule has 1 aliphatic heterocycles. The van der Waals surface area contributed by atoms with Crippen LogP contribution < -0.4 is 5.32 Å². The van der Waals surface area contributed by atoms with Crippen LogP contribution in [0.4, 0.5) is 20.6 Å². The molecule has 33 heavy (non-hydrogen) atoms. The Hall–Kier alpha value is -4.25. The Kier molecular flexibility index (Phi) is 6.05. The van der Waals surface area contributed by atoms with Crippen LogP contribution in [-0.2, 0) is 9.59 Å². The zero-order valence-electron chi connectivity index (χ0n) is 16.7. The number of nitrogens with zero attached hydrogens (tertiary/aromatic N) is 2. The number of halogens is 1. The van der Waals surface area contributed by atoms with Crippen LogP contribution in [0.3, 0.4) is 0 Å². The van der Waals surface area contributed by atoms with E-state index in [9.17, 15) is 28.9 Å². The molecule has 0 radical (unpaired) electrons. The van der Waals surface area contributed by atoms with Crippen molar-refractivity contribution in [3.8, 4) is 11.3 Å². The summed E-state index contributed by atoms with van der Waals surface area (Å²) < 4.78 is 19.3. The summed E-state index contributed by atoms with van der Waals surface area (Å²) in [6.45, 7) is -0.587. The Morgan fingerprint density at radius 2 is 1.85 bits per heavy atom. The standard InChI is InChI=1S/C22H14FN3O6S/c23-15-6-2-3-7-16(15)24-20(27)12-25-21(28)19(33-22(25)29)11-13-9-10-18(32-13)14-5-1-4-8-17(14)26(30)31/h1-11H,12H2,(H,24,27)/b19-11-. The minimum Gasteiger partial charge on any atom is -0.456 e. The summed E-state index contributed by atoms with van der Waals surface area (Å²) in [6, 6.07) is 14.6. The molecule has 1 aliphatic rings. The summed E-state index contributed by atoms with van der Waals surface area (Å²) in [5, 5.41) is 12.9. The number of benzene rings is 2. The van der Waals surface area contributed by atoms with Crippen molar-refractivity contribution < 1.29 is 28.1 Å². The van der Waals surface area contributed by atoms with Gasteiger partial charge >= 0.3 is 0 Å². The van der Waals surface area contributed by atoms with Crippen molar-refractivity contribution in [2.75, 3.05) is 11.9 Å². The molecule has 0 bridgehead atoms. The number of imide groups is 1. The summed E-state index contributed by atoms with van der Waals surface area (Å²) in [5.74, 6) is -1.67. The van der Waals surface area contributed by atoms with Crippen LogP contribution in [0.2, 0.25) is 0 Å². The first-order valence-corrected chi connectivity index (χ1v) is 10.3. The predicted octanol–water partition coefficient (Wildman–Crippen LogP) is 4.67. The molecule has 11 heteroatoms. The highest BCUT2D eigenvalue weighted by molar-refractivity contribution is 8.18. The second-order valence-electron chi connectivity index (χ2n) is 6.77. The summed E-state index contributed by atoms with van der Waals surface area (Å²) >= 11 is 0.617. The molecule has 9 nitrogen and oxygen atoms in total. The first kappa shape index (κ1) is 22.0. The summed E-state index contributed by atoms with van der Waals surface area (Å²) in [7, 11) is 0. The molecule has 0 unspecified atom stereocenters. The van der Waals surface area contributed by atoms with Gasteiger partial charge in [0.05, 0.1) is 21.1 Å². The number of para-hydroxylation sites is 2. The summed E-state index contributed by atoms with van der Waals surface area (Å²) in [4.78, 5) is 48.5. The molecule has 2 aromatic carbocycles. The van der Waals surface area contributed by atoms with Crippen molar-refractivity contribution in [3.63, 3.8) is 0 Å². The zero-order chi connectivity index (χ0) is 23.5. The van der Waals surface area contributed by atoms with E-state index in [4.69, 9.17) is 4.42 Å². The van der Waals surface area contributed by atoms with Gasteiger partial charge in [-0.25, -0.2) is 4.39 Å². The first-order valence-electron chi connectivity index (χ1n) is 9.47. The van der Waals surface area contributed by atoms with Crippen LogP contribution >= 0.6 is 11.8 Å². The third-order valence-electron chi connectivity index (χ3n) is 4.59. The SMILES string of the molecule is O=C(CN1C(=O)S/C(=C\c2ccc(-c3ccccc3[N+](=O)[O-])o2)C1=O)Nc1ccccc1F. The van der Waals surface area contributed by atoms with Gasteiger partial charge in [-0.2, -0.15) is 0 Å². The van der Waals surface area contributed by atoms with Gasteiger partial charge in [-0.05, 0) is 42.1 Å². The van der Waals surface area contributed by atoms with Crippen LogP contribution in [-0.4, -0.2) is 33.4 Å². The van der Waals surface area contributed by atoms with Gasteiger partial charge in [0, 0.05) is 12.1 Å². The van der Waals surface area contributed by atoms with Gasteiger partial charge < -0.3 is 9.73 Å². The number of hydrogen-bond acceptors (Lipinski definition) is 7. The van der Waals surface area contributed by atoms with E-state index in [1.165, 1.54) is 60.7 Å². The number of hydrogen-bond donors (Lipinski definition) is 1. The van der Waals surface area contributed by atoms with E-state index in [2.05, 4.69) is 5.32 Å². The molecule has 3 amide bonds. The van der Waals surface area contributed by atoms with Crippen LogP contribution in [0.1, 0.15) is 5.76 Å². The van der Waals surface area contributed by atoms with Gasteiger partial charge in [-0.15, -0.1) is 0 Å². The van der Waals surface area contributed by atoms with E-state index >= 15 is 0 Å². The number of nitro benzene ring substituents is 1. The Bertz CT molecular complexity index is 1320. The molecule has 2 heterocycles. The van der Waals surface area contributed by atoms with Crippen molar-refractivity contribution in [2.24, 2.45) is 0 Å². The molecule has 1 N–H and O–H groups in total. The van der Waals surface area contributed by atoms with Gasteiger partial charge in [-0.3, -0.25) is 29.4 Å². The maximum atomic E-state index is 13.7. The van der Waals surface area contributed by atoms with E-state index in [1.54, 1.807) is 6.07 Å². The molecular formula is C22H14FN3O6S. The number of thioether (sulfide) groups is 1. The molecule has 166 valence electrons. The molecular weight excluding hydrogens is 453 g/mol. The van der Waals surface area contributed by atoms with Gasteiger partial charge in [-0.1, -0.05) is 24.3 Å². The topological polar surface area (TPSA) is 123 Å². The van der Waals surface area contributed by atoms with Crippen LogP contribution in [0.5, 0.6) is 0 Å². The minimum atomic E-state index is -0.736. The third kappa shape index (κ3) is 4.67. The highest BCUT2D eigenvalue weighted by Crippen LogP contribution is 2.35. The molecule has 4 rings (SSSR count). The molecule has 0 aliphatic carbocycles. The van der Waals surface area contributed by atoms with Crippen molar-refractivity contribution in [1.29, 1.82) is 0 Å². The maximum absolute atomic E-state index is 13.7. The fourth-order valence-electron chi connectivity index (χ4n) is 3.08. The largest absolute Gasteiger partial charge is 0.456 e. The molecule has 1 saturated heterocycles. The van der Waals surface area contributed by atoms with Crippen molar-refractivity contribution in [3.05, 3.63) is 87.3 Å². The highest BCUT2D eigenvalue weighted by atomic mass is 32.2. The second kappa shape index (κ2) is 9.09. The fraction of sp³-hybridized carbons (Fsp3) is 0.0455. The molecule has 1 aromatic heterocycles. The fourth-order valence-corrected chi connectivity index (χ4v) is 3.90. The summed E-state index contributed by atoms with van der Waals surface area (Å²) in [6.07, 6.45) is 1.32. The number of rotatable bonds is 6. The smallest absolute Gasteiger partial charge is 0.294 e. The molecule has 0 atom stereocenters. The van der Waals surface area contributed by atoms with E-state index in [-0.39, 0.29) is 33.4 Å². The van der Waals surface area contributed by atoms with Gasteiger partial charge in [0.25, 0.3) is 16.8 Å². The maximum Gasteiger partial charge on any atom is 0.294 e. The number of furan rings is 1. The van der Waals surface area contributed by atoms with E-state index in [1.807, 2.05) is 0 Å². The Labute approximate surface area is 190 Å². The predicted molar refractivity (Wildman–Crippen MR) is 119 cm³/mol. The lowest BCUT2D eigenvalue weighted by Crippen LogP contribution is -2.36. The number of carbonyl (C=O) groups is 3. The minimum absolute atomic E-state index is 0.0159. The second-order valence-corrected chi connectivity index (χ2v) is 7.77. The van der Waals surface area contributed by atoms with Crippen LogP contribution in [0.15, 0.2) is 70.0 Å². The quantitative estimate of drug-likeness (QED) is 0.317. The molecule has 1 fully saturated rings. The Balaban J connectivity index is 1.49. The highest BCUT2D eigenvalue weighted by Gasteiger charge is 2.36. The normalized spacial score (nSPS) is 14.7. The van der Waals surface area contributed by atoms with Crippen LogP contribution in [0.25, 0.3) is 17.4 Å². The number of carbonyl (C=O) groups excluding carboxylic acids is 3. The van der Waals surface area contributed by atoms with E-state index in [0.717, 1.165) is 4.90 Å². The van der Waals surface area contributed by atoms with Gasteiger partial charge in [0.1, 0.15) is 23.9 Å². The average Bonchev–Trinajstić information content (AvgIpc) is 3.35.